The molecule has 1 amide bonds. The molecule has 0 atom stereocenters. The van der Waals surface area contributed by atoms with Crippen LogP contribution in [0, 0.1) is 5.92 Å². The lowest BCUT2D eigenvalue weighted by molar-refractivity contribution is -0.120. The van der Waals surface area contributed by atoms with Crippen molar-refractivity contribution in [3.05, 3.63) is 24.3 Å². The van der Waals surface area contributed by atoms with Crippen molar-refractivity contribution in [3.8, 4) is 5.75 Å². The van der Waals surface area contributed by atoms with E-state index < -0.39 is 10.0 Å². The van der Waals surface area contributed by atoms with Crippen molar-refractivity contribution in [2.45, 2.75) is 41.2 Å². The van der Waals surface area contributed by atoms with Gasteiger partial charge in [-0.15, -0.1) is 10.2 Å². The molecule has 0 unspecified atom stereocenters. The third kappa shape index (κ3) is 5.47. The van der Waals surface area contributed by atoms with Gasteiger partial charge in [0.25, 0.3) is 0 Å². The molecule has 1 N–H and O–H groups in total. The summed E-state index contributed by atoms with van der Waals surface area (Å²) in [7, 11) is -2.05. The zero-order valence-electron chi connectivity index (χ0n) is 16.5. The summed E-state index contributed by atoms with van der Waals surface area (Å²) >= 11 is 2.95. The summed E-state index contributed by atoms with van der Waals surface area (Å²) in [5.41, 5.74) is 0. The minimum absolute atomic E-state index is 0.135. The van der Waals surface area contributed by atoms with Crippen LogP contribution < -0.4 is 10.1 Å². The number of methoxy groups -OCH3 is 1. The molecule has 1 fully saturated rings. The number of rotatable bonds is 7. The van der Waals surface area contributed by atoms with Crippen molar-refractivity contribution in [2.75, 3.05) is 25.5 Å². The van der Waals surface area contributed by atoms with Gasteiger partial charge in [0.15, 0.2) is 4.34 Å². The van der Waals surface area contributed by atoms with Gasteiger partial charge in [0.2, 0.25) is 21.1 Å². The second kappa shape index (κ2) is 9.41. The highest BCUT2D eigenvalue weighted by molar-refractivity contribution is 8.01. The van der Waals surface area contributed by atoms with E-state index in [0.717, 1.165) is 4.34 Å². The maximum atomic E-state index is 12.8. The van der Waals surface area contributed by atoms with Crippen LogP contribution in [0.1, 0.15) is 26.7 Å². The summed E-state index contributed by atoms with van der Waals surface area (Å²) in [4.78, 5) is 12.8. The molecule has 1 aromatic carbocycles. The fourth-order valence-electron chi connectivity index (χ4n) is 2.97. The molecule has 8 nitrogen and oxygen atoms in total. The first kappa shape index (κ1) is 22.0. The second-order valence-corrected chi connectivity index (χ2v) is 11.6. The van der Waals surface area contributed by atoms with E-state index in [0.29, 0.717) is 42.1 Å². The number of ether oxygens (including phenoxy) is 1. The van der Waals surface area contributed by atoms with E-state index >= 15 is 0 Å². The molecule has 0 radical (unpaired) electrons. The first-order chi connectivity index (χ1) is 13.8. The number of hydrogen-bond acceptors (Lipinski definition) is 8. The van der Waals surface area contributed by atoms with E-state index in [1.165, 1.54) is 34.9 Å². The number of aromatic nitrogens is 2. The summed E-state index contributed by atoms with van der Waals surface area (Å²) in [6.07, 6.45) is 0.932. The zero-order valence-corrected chi connectivity index (χ0v) is 18.9. The normalized spacial score (nSPS) is 16.1. The van der Waals surface area contributed by atoms with Crippen molar-refractivity contribution >= 4 is 44.2 Å². The Morgan fingerprint density at radius 2 is 1.90 bits per heavy atom. The highest BCUT2D eigenvalue weighted by atomic mass is 32.2. The number of anilines is 1. The lowest BCUT2D eigenvalue weighted by Gasteiger charge is -2.30. The molecule has 0 saturated carbocycles. The van der Waals surface area contributed by atoms with E-state index in [4.69, 9.17) is 4.74 Å². The predicted molar refractivity (Wildman–Crippen MR) is 114 cm³/mol. The molecular weight excluding hydrogens is 432 g/mol. The fourth-order valence-corrected chi connectivity index (χ4v) is 6.42. The first-order valence-corrected chi connectivity index (χ1v) is 12.4. The standard InChI is InChI=1S/C18H24N4O4S3/c1-12(2)27-18-21-20-17(28-18)19-16(23)13-8-10-22(11-9-13)29(24,25)15-6-4-14(26-3)5-7-15/h4-7,12-13H,8-11H2,1-3H3,(H,19,20,23). The van der Waals surface area contributed by atoms with Crippen molar-refractivity contribution in [3.63, 3.8) is 0 Å². The van der Waals surface area contributed by atoms with Gasteiger partial charge in [-0.25, -0.2) is 8.42 Å². The Hall–Kier alpha value is -1.69. The second-order valence-electron chi connectivity index (χ2n) is 6.88. The molecule has 158 valence electrons. The Morgan fingerprint density at radius 3 is 2.48 bits per heavy atom. The monoisotopic (exact) mass is 456 g/mol. The van der Waals surface area contributed by atoms with Crippen LogP contribution in [0.25, 0.3) is 0 Å². The van der Waals surface area contributed by atoms with Gasteiger partial charge >= 0.3 is 0 Å². The summed E-state index contributed by atoms with van der Waals surface area (Å²) in [5.74, 6) is 0.220. The van der Waals surface area contributed by atoms with Gasteiger partial charge in [-0.3, -0.25) is 4.79 Å². The third-order valence-electron chi connectivity index (χ3n) is 4.50. The molecule has 2 heterocycles. The van der Waals surface area contributed by atoms with Gasteiger partial charge in [0, 0.05) is 24.3 Å². The van der Waals surface area contributed by atoms with Crippen LogP contribution in [-0.4, -0.2) is 54.3 Å². The molecule has 0 bridgehead atoms. The molecule has 1 aliphatic heterocycles. The number of thioether (sulfide) groups is 1. The third-order valence-corrected chi connectivity index (χ3v) is 8.33. The average molecular weight is 457 g/mol. The summed E-state index contributed by atoms with van der Waals surface area (Å²) < 4.78 is 32.9. The van der Waals surface area contributed by atoms with Gasteiger partial charge in [0.05, 0.1) is 12.0 Å². The van der Waals surface area contributed by atoms with Crippen molar-refractivity contribution < 1.29 is 17.9 Å². The Kier molecular flexibility index (Phi) is 7.14. The van der Waals surface area contributed by atoms with E-state index in [-0.39, 0.29) is 16.7 Å². The molecule has 29 heavy (non-hydrogen) atoms. The van der Waals surface area contributed by atoms with Gasteiger partial charge in [0.1, 0.15) is 5.75 Å². The molecular formula is C18H24N4O4S3. The molecule has 2 aromatic rings. The van der Waals surface area contributed by atoms with Crippen LogP contribution in [-0.2, 0) is 14.8 Å². The number of piperidine rings is 1. The summed E-state index contributed by atoms with van der Waals surface area (Å²) in [5, 5.41) is 11.8. The van der Waals surface area contributed by atoms with Crippen molar-refractivity contribution in [2.24, 2.45) is 5.92 Å². The highest BCUT2D eigenvalue weighted by Crippen LogP contribution is 2.30. The minimum atomic E-state index is -3.58. The SMILES string of the molecule is COc1ccc(S(=O)(=O)N2CCC(C(=O)Nc3nnc(SC(C)C)s3)CC2)cc1. The van der Waals surface area contributed by atoms with Gasteiger partial charge in [-0.2, -0.15) is 4.31 Å². The topological polar surface area (TPSA) is 101 Å². The van der Waals surface area contributed by atoms with Gasteiger partial charge in [-0.05, 0) is 37.1 Å². The van der Waals surface area contributed by atoms with Crippen LogP contribution in [0.4, 0.5) is 5.13 Å². The lowest BCUT2D eigenvalue weighted by atomic mass is 9.97. The van der Waals surface area contributed by atoms with E-state index in [9.17, 15) is 13.2 Å². The minimum Gasteiger partial charge on any atom is -0.497 e. The van der Waals surface area contributed by atoms with Crippen LogP contribution in [0.5, 0.6) is 5.75 Å². The van der Waals surface area contributed by atoms with Crippen molar-refractivity contribution in [1.29, 1.82) is 0 Å². The molecule has 0 spiro atoms. The maximum Gasteiger partial charge on any atom is 0.243 e. The van der Waals surface area contributed by atoms with Crippen LogP contribution in [0.15, 0.2) is 33.5 Å². The van der Waals surface area contributed by atoms with Crippen LogP contribution in [0.2, 0.25) is 0 Å². The van der Waals surface area contributed by atoms with Crippen LogP contribution in [0.3, 0.4) is 0 Å². The highest BCUT2D eigenvalue weighted by Gasteiger charge is 2.32. The summed E-state index contributed by atoms with van der Waals surface area (Å²) in [6.45, 7) is 4.74. The molecule has 1 aromatic heterocycles. The van der Waals surface area contributed by atoms with E-state index in [1.807, 2.05) is 0 Å². The number of nitrogens with one attached hydrogen (secondary N) is 1. The smallest absolute Gasteiger partial charge is 0.243 e. The average Bonchev–Trinajstić information content (AvgIpc) is 3.14. The number of hydrogen-bond donors (Lipinski definition) is 1. The van der Waals surface area contributed by atoms with E-state index in [1.54, 1.807) is 23.9 Å². The Labute approximate surface area is 179 Å². The van der Waals surface area contributed by atoms with Gasteiger partial charge in [-0.1, -0.05) is 36.9 Å². The summed E-state index contributed by atoms with van der Waals surface area (Å²) in [6, 6.07) is 6.33. The quantitative estimate of drug-likeness (QED) is 0.505. The van der Waals surface area contributed by atoms with Crippen molar-refractivity contribution in [1.82, 2.24) is 14.5 Å². The number of sulfonamides is 1. The largest absolute Gasteiger partial charge is 0.497 e. The molecule has 0 aliphatic carbocycles. The van der Waals surface area contributed by atoms with Gasteiger partial charge < -0.3 is 10.1 Å². The number of benzene rings is 1. The molecule has 1 saturated heterocycles. The fraction of sp³-hybridized carbons (Fsp3) is 0.500. The van der Waals surface area contributed by atoms with Crippen LogP contribution >= 0.6 is 23.1 Å². The zero-order chi connectivity index (χ0) is 21.0. The number of carbonyl (C=O) groups excluding carboxylic acids is 1. The molecule has 11 heteroatoms. The molecule has 3 rings (SSSR count). The Bertz CT molecular complexity index is 936. The number of carbonyl (C=O) groups is 1. The molecule has 1 aliphatic rings. The Balaban J connectivity index is 1.56. The van der Waals surface area contributed by atoms with E-state index in [2.05, 4.69) is 29.4 Å². The predicted octanol–water partition coefficient (Wildman–Crippen LogP) is 3.09. The maximum absolute atomic E-state index is 12.8. The number of amides is 1. The first-order valence-electron chi connectivity index (χ1n) is 9.25. The lowest BCUT2D eigenvalue weighted by Crippen LogP contribution is -2.41. The number of nitrogens with zero attached hydrogens (tertiary/aromatic N) is 3. The Morgan fingerprint density at radius 1 is 1.24 bits per heavy atom.